The summed E-state index contributed by atoms with van der Waals surface area (Å²) in [6.07, 6.45) is 0.591. The lowest BCUT2D eigenvalue weighted by atomic mass is 10.2. The molecule has 0 radical (unpaired) electrons. The van der Waals surface area contributed by atoms with Crippen LogP contribution < -0.4 is 5.32 Å². The van der Waals surface area contributed by atoms with Gasteiger partial charge in [0.25, 0.3) is 5.89 Å². The van der Waals surface area contributed by atoms with Crippen LogP contribution in [0.2, 0.25) is 0 Å². The lowest BCUT2D eigenvalue weighted by molar-refractivity contribution is 0.424. The molecule has 20 heavy (non-hydrogen) atoms. The van der Waals surface area contributed by atoms with Crippen molar-refractivity contribution in [3.8, 4) is 11.5 Å². The highest BCUT2D eigenvalue weighted by Gasteiger charge is 2.18. The molecule has 0 saturated carbocycles. The second-order valence-corrected chi connectivity index (χ2v) is 6.01. The summed E-state index contributed by atoms with van der Waals surface area (Å²) in [6.45, 7) is 3.90. The maximum atomic E-state index is 5.35. The van der Waals surface area contributed by atoms with Gasteiger partial charge in [-0.3, -0.25) is 0 Å². The lowest BCUT2D eigenvalue weighted by Gasteiger charge is -1.96. The van der Waals surface area contributed by atoms with E-state index in [9.17, 15) is 0 Å². The first-order valence-electron chi connectivity index (χ1n) is 6.05. The zero-order valence-corrected chi connectivity index (χ0v) is 12.9. The third-order valence-corrected chi connectivity index (χ3v) is 4.67. The van der Waals surface area contributed by atoms with E-state index in [4.69, 9.17) is 4.52 Å². The van der Waals surface area contributed by atoms with Crippen LogP contribution in [0.15, 0.2) is 9.90 Å². The van der Waals surface area contributed by atoms with Crippen LogP contribution in [0.25, 0.3) is 11.5 Å². The predicted molar refractivity (Wildman–Crippen MR) is 79.3 cm³/mol. The number of anilines is 1. The van der Waals surface area contributed by atoms with Gasteiger partial charge in [0.1, 0.15) is 10.0 Å². The van der Waals surface area contributed by atoms with Gasteiger partial charge < -0.3 is 9.84 Å². The smallest absolute Gasteiger partial charge is 0.262 e. The fourth-order valence-electron chi connectivity index (χ4n) is 1.84. The quantitative estimate of drug-likeness (QED) is 0.798. The Hall–Kier alpha value is -1.80. The molecule has 3 aromatic heterocycles. The summed E-state index contributed by atoms with van der Waals surface area (Å²) in [4.78, 5) is 8.85. The summed E-state index contributed by atoms with van der Waals surface area (Å²) in [5.41, 5.74) is 2.79. The van der Waals surface area contributed by atoms with Gasteiger partial charge in [0.15, 0.2) is 5.82 Å². The molecule has 6 nitrogen and oxygen atoms in total. The van der Waals surface area contributed by atoms with Crippen LogP contribution in [0.5, 0.6) is 0 Å². The Balaban J connectivity index is 1.88. The van der Waals surface area contributed by atoms with Gasteiger partial charge in [-0.2, -0.15) is 9.36 Å². The molecule has 0 amide bonds. The number of rotatable bonds is 4. The van der Waals surface area contributed by atoms with Gasteiger partial charge in [-0.05, 0) is 25.4 Å². The Kier molecular flexibility index (Phi) is 3.49. The topological polar surface area (TPSA) is 76.7 Å². The summed E-state index contributed by atoms with van der Waals surface area (Å²) in [7, 11) is 1.85. The Morgan fingerprint density at radius 2 is 2.15 bits per heavy atom. The van der Waals surface area contributed by atoms with E-state index < -0.39 is 0 Å². The standard InChI is InChI=1S/C12H13N5OS2/c1-6-5-19-9(14-6)4-8-15-11(18-16-8)10-7(2)17-20-12(10)13-3/h5,13H,4H2,1-3H3. The molecule has 1 N–H and O–H groups in total. The van der Waals surface area contributed by atoms with Crippen molar-refractivity contribution in [1.29, 1.82) is 0 Å². The van der Waals surface area contributed by atoms with Crippen molar-refractivity contribution < 1.29 is 4.52 Å². The summed E-state index contributed by atoms with van der Waals surface area (Å²) >= 11 is 2.99. The molecular formula is C12H13N5OS2. The zero-order chi connectivity index (χ0) is 14.1. The molecule has 0 saturated heterocycles. The SMILES string of the molecule is CNc1snc(C)c1-c1nc(Cc2nc(C)cs2)no1. The highest BCUT2D eigenvalue weighted by atomic mass is 32.1. The number of aryl methyl sites for hydroxylation is 2. The molecule has 3 rings (SSSR count). The minimum Gasteiger partial charge on any atom is -0.378 e. The first-order valence-corrected chi connectivity index (χ1v) is 7.70. The molecule has 0 aliphatic rings. The molecule has 0 aliphatic heterocycles. The van der Waals surface area contributed by atoms with Gasteiger partial charge in [0.05, 0.1) is 17.7 Å². The molecule has 3 aromatic rings. The number of aromatic nitrogens is 4. The van der Waals surface area contributed by atoms with Gasteiger partial charge in [0.2, 0.25) is 0 Å². The van der Waals surface area contributed by atoms with Gasteiger partial charge in [-0.15, -0.1) is 11.3 Å². The third-order valence-electron chi connectivity index (χ3n) is 2.75. The molecule has 0 spiro atoms. The van der Waals surface area contributed by atoms with Crippen LogP contribution in [0.4, 0.5) is 5.00 Å². The van der Waals surface area contributed by atoms with Crippen LogP contribution in [-0.2, 0) is 6.42 Å². The Morgan fingerprint density at radius 1 is 1.30 bits per heavy atom. The van der Waals surface area contributed by atoms with Gasteiger partial charge in [0, 0.05) is 18.1 Å². The van der Waals surface area contributed by atoms with Crippen molar-refractivity contribution in [1.82, 2.24) is 19.5 Å². The van der Waals surface area contributed by atoms with Crippen molar-refractivity contribution in [3.05, 3.63) is 27.6 Å². The molecule has 104 valence electrons. The molecule has 0 bridgehead atoms. The van der Waals surface area contributed by atoms with E-state index >= 15 is 0 Å². The number of hydrogen-bond donors (Lipinski definition) is 1. The van der Waals surface area contributed by atoms with Crippen molar-refractivity contribution >= 4 is 27.9 Å². The average molecular weight is 307 g/mol. The summed E-state index contributed by atoms with van der Waals surface area (Å²) in [5, 5.41) is 11.1. The van der Waals surface area contributed by atoms with E-state index in [-0.39, 0.29) is 0 Å². The van der Waals surface area contributed by atoms with Crippen molar-refractivity contribution in [3.63, 3.8) is 0 Å². The first-order chi connectivity index (χ1) is 9.67. The molecule has 0 unspecified atom stereocenters. The summed E-state index contributed by atoms with van der Waals surface area (Å²) in [6, 6.07) is 0. The molecule has 3 heterocycles. The van der Waals surface area contributed by atoms with Crippen molar-refractivity contribution in [2.45, 2.75) is 20.3 Å². The minimum absolute atomic E-state index is 0.504. The second kappa shape index (κ2) is 5.29. The summed E-state index contributed by atoms with van der Waals surface area (Å²) < 4.78 is 9.66. The fraction of sp³-hybridized carbons (Fsp3) is 0.333. The first kappa shape index (κ1) is 13.2. The number of nitrogens with zero attached hydrogens (tertiary/aromatic N) is 4. The number of nitrogens with one attached hydrogen (secondary N) is 1. The van der Waals surface area contributed by atoms with Crippen LogP contribution in [0.3, 0.4) is 0 Å². The normalized spacial score (nSPS) is 10.9. The molecule has 0 aliphatic carbocycles. The van der Waals surface area contributed by atoms with E-state index in [0.717, 1.165) is 27.0 Å². The number of hydrogen-bond acceptors (Lipinski definition) is 8. The Labute approximate surface area is 124 Å². The van der Waals surface area contributed by atoms with E-state index in [1.165, 1.54) is 11.5 Å². The van der Waals surface area contributed by atoms with Gasteiger partial charge in [-0.1, -0.05) is 5.16 Å². The highest BCUT2D eigenvalue weighted by Crippen LogP contribution is 2.33. The molecular weight excluding hydrogens is 294 g/mol. The minimum atomic E-state index is 0.504. The Bertz CT molecular complexity index is 730. The van der Waals surface area contributed by atoms with E-state index in [2.05, 4.69) is 24.8 Å². The van der Waals surface area contributed by atoms with E-state index in [1.54, 1.807) is 11.3 Å². The average Bonchev–Trinajstić information content (AvgIpc) is 3.11. The van der Waals surface area contributed by atoms with Crippen LogP contribution in [0, 0.1) is 13.8 Å². The fourth-order valence-corrected chi connectivity index (χ4v) is 3.34. The third kappa shape index (κ3) is 2.44. The molecule has 0 fully saturated rings. The van der Waals surface area contributed by atoms with Crippen molar-refractivity contribution in [2.24, 2.45) is 0 Å². The van der Waals surface area contributed by atoms with Gasteiger partial charge >= 0.3 is 0 Å². The van der Waals surface area contributed by atoms with Crippen molar-refractivity contribution in [2.75, 3.05) is 12.4 Å². The summed E-state index contributed by atoms with van der Waals surface area (Å²) in [5.74, 6) is 1.14. The molecule has 0 aromatic carbocycles. The predicted octanol–water partition coefficient (Wildman–Crippen LogP) is 2.90. The molecule has 8 heteroatoms. The maximum absolute atomic E-state index is 5.35. The van der Waals surface area contributed by atoms with E-state index in [1.807, 2.05) is 26.3 Å². The molecule has 0 atom stereocenters. The second-order valence-electron chi connectivity index (χ2n) is 4.30. The Morgan fingerprint density at radius 3 is 2.85 bits per heavy atom. The largest absolute Gasteiger partial charge is 0.378 e. The number of thiazole rings is 1. The van der Waals surface area contributed by atoms with Crippen LogP contribution >= 0.6 is 22.9 Å². The zero-order valence-electron chi connectivity index (χ0n) is 11.3. The van der Waals surface area contributed by atoms with Gasteiger partial charge in [-0.25, -0.2) is 4.98 Å². The lowest BCUT2D eigenvalue weighted by Crippen LogP contribution is -1.91. The monoisotopic (exact) mass is 307 g/mol. The van der Waals surface area contributed by atoms with Crippen LogP contribution in [0.1, 0.15) is 22.2 Å². The highest BCUT2D eigenvalue weighted by molar-refractivity contribution is 7.11. The van der Waals surface area contributed by atoms with Crippen LogP contribution in [-0.4, -0.2) is 26.5 Å². The maximum Gasteiger partial charge on any atom is 0.262 e. The van der Waals surface area contributed by atoms with E-state index in [0.29, 0.717) is 18.1 Å².